The summed E-state index contributed by atoms with van der Waals surface area (Å²) in [6.45, 7) is 4.37. The Hall–Kier alpha value is -3.36. The Kier molecular flexibility index (Phi) is 7.26. The summed E-state index contributed by atoms with van der Waals surface area (Å²) >= 11 is 6.17. The fraction of sp³-hybridized carbons (Fsp3) is 0.167. The molecule has 3 heteroatoms. The number of carbonyl (C=O) groups excluding carboxylic acids is 1. The molecule has 0 saturated heterocycles. The van der Waals surface area contributed by atoms with Gasteiger partial charge < -0.3 is 4.74 Å². The zero-order valence-electron chi connectivity index (χ0n) is 19.0. The van der Waals surface area contributed by atoms with Crippen LogP contribution in [0.15, 0.2) is 84.4 Å². The first-order valence-electron chi connectivity index (χ1n) is 11.3. The fourth-order valence-corrected chi connectivity index (χ4v) is 4.41. The molecule has 0 radical (unpaired) electrons. The van der Waals surface area contributed by atoms with Crippen LogP contribution in [0.5, 0.6) is 0 Å². The van der Waals surface area contributed by atoms with Gasteiger partial charge in [0.15, 0.2) is 0 Å². The molecule has 0 unspecified atom stereocenters. The molecule has 0 fully saturated rings. The topological polar surface area (TPSA) is 26.3 Å². The third-order valence-corrected chi connectivity index (χ3v) is 6.08. The first-order chi connectivity index (χ1) is 16.1. The second kappa shape index (κ2) is 10.5. The first-order valence-corrected chi connectivity index (χ1v) is 11.7. The molecule has 1 aliphatic carbocycles. The second-order valence-electron chi connectivity index (χ2n) is 7.97. The van der Waals surface area contributed by atoms with E-state index >= 15 is 0 Å². The number of hydrogen-bond donors (Lipinski definition) is 0. The van der Waals surface area contributed by atoms with Gasteiger partial charge in [-0.2, -0.15) is 0 Å². The lowest BCUT2D eigenvalue weighted by Crippen LogP contribution is -1.99. The summed E-state index contributed by atoms with van der Waals surface area (Å²) < 4.78 is 4.98. The van der Waals surface area contributed by atoms with Crippen LogP contribution in [0.2, 0.25) is 5.02 Å². The molecule has 0 amide bonds. The van der Waals surface area contributed by atoms with Crippen LogP contribution in [0.25, 0.3) is 23.3 Å². The highest BCUT2D eigenvalue weighted by Crippen LogP contribution is 2.40. The fourth-order valence-electron chi connectivity index (χ4n) is 4.29. The monoisotopic (exact) mass is 454 g/mol. The van der Waals surface area contributed by atoms with E-state index in [9.17, 15) is 4.79 Å². The van der Waals surface area contributed by atoms with Gasteiger partial charge in [0.05, 0.1) is 6.61 Å². The third kappa shape index (κ3) is 5.35. The van der Waals surface area contributed by atoms with Crippen LogP contribution in [0, 0.1) is 0 Å². The van der Waals surface area contributed by atoms with Gasteiger partial charge in [-0.15, -0.1) is 0 Å². The van der Waals surface area contributed by atoms with Gasteiger partial charge >= 0.3 is 5.97 Å². The average Bonchev–Trinajstić information content (AvgIpc) is 3.26. The maximum Gasteiger partial charge on any atom is 0.330 e. The maximum absolute atomic E-state index is 11.6. The molecule has 0 spiro atoms. The molecule has 4 rings (SSSR count). The highest BCUT2D eigenvalue weighted by Gasteiger charge is 2.20. The van der Waals surface area contributed by atoms with E-state index in [1.54, 1.807) is 13.0 Å². The Morgan fingerprint density at radius 3 is 2.30 bits per heavy atom. The lowest BCUT2D eigenvalue weighted by molar-refractivity contribution is -0.137. The van der Waals surface area contributed by atoms with Crippen LogP contribution in [0.4, 0.5) is 0 Å². The van der Waals surface area contributed by atoms with Crippen molar-refractivity contribution in [1.29, 1.82) is 0 Å². The number of carbonyl (C=O) groups is 1. The van der Waals surface area contributed by atoms with Crippen LogP contribution in [0.3, 0.4) is 0 Å². The minimum absolute atomic E-state index is 0.327. The van der Waals surface area contributed by atoms with Crippen molar-refractivity contribution in [2.75, 3.05) is 6.61 Å². The van der Waals surface area contributed by atoms with Crippen molar-refractivity contribution in [2.45, 2.75) is 26.7 Å². The molecular weight excluding hydrogens is 428 g/mol. The van der Waals surface area contributed by atoms with Gasteiger partial charge in [0.2, 0.25) is 0 Å². The largest absolute Gasteiger partial charge is 0.463 e. The number of rotatable bonds is 7. The summed E-state index contributed by atoms with van der Waals surface area (Å²) in [6.07, 6.45) is 7.37. The van der Waals surface area contributed by atoms with Gasteiger partial charge in [-0.05, 0) is 82.5 Å². The number of esters is 1. The Labute approximate surface area is 200 Å². The van der Waals surface area contributed by atoms with E-state index < -0.39 is 0 Å². The predicted molar refractivity (Wildman–Crippen MR) is 139 cm³/mol. The van der Waals surface area contributed by atoms with Crippen molar-refractivity contribution in [2.24, 2.45) is 0 Å². The smallest absolute Gasteiger partial charge is 0.330 e. The van der Waals surface area contributed by atoms with E-state index in [1.807, 2.05) is 24.3 Å². The van der Waals surface area contributed by atoms with Gasteiger partial charge in [-0.1, -0.05) is 85.3 Å². The zero-order chi connectivity index (χ0) is 23.2. The minimum Gasteiger partial charge on any atom is -0.463 e. The molecule has 0 atom stereocenters. The normalized spacial score (nSPS) is 13.5. The van der Waals surface area contributed by atoms with Crippen molar-refractivity contribution in [3.05, 3.63) is 117 Å². The standard InChI is InChI=1S/C30H27ClO2/c1-3-28(22-14-16-27(31)17-15-22)30(26-19-24-7-5-6-8-25(24)20-26)23-12-9-21(10-13-23)11-18-29(32)33-4-2/h5-19H,3-4,20H2,1-2H3/b18-11+,30-28+. The summed E-state index contributed by atoms with van der Waals surface area (Å²) in [6, 6.07) is 25.0. The summed E-state index contributed by atoms with van der Waals surface area (Å²) in [5.41, 5.74) is 9.81. The minimum atomic E-state index is -0.327. The molecule has 166 valence electrons. The first kappa shape index (κ1) is 22.8. The van der Waals surface area contributed by atoms with Crippen molar-refractivity contribution in [3.63, 3.8) is 0 Å². The number of hydrogen-bond acceptors (Lipinski definition) is 2. The van der Waals surface area contributed by atoms with Crippen molar-refractivity contribution in [1.82, 2.24) is 0 Å². The van der Waals surface area contributed by atoms with Crippen LogP contribution < -0.4 is 0 Å². The summed E-state index contributed by atoms with van der Waals surface area (Å²) in [4.78, 5) is 11.6. The van der Waals surface area contributed by atoms with Crippen LogP contribution in [-0.2, 0) is 16.0 Å². The Balaban J connectivity index is 1.77. The van der Waals surface area contributed by atoms with Crippen LogP contribution in [-0.4, -0.2) is 12.6 Å². The van der Waals surface area contributed by atoms with Gasteiger partial charge in [0, 0.05) is 11.1 Å². The predicted octanol–water partition coefficient (Wildman–Crippen LogP) is 7.88. The summed E-state index contributed by atoms with van der Waals surface area (Å²) in [5.74, 6) is -0.327. The van der Waals surface area contributed by atoms with E-state index in [0.717, 1.165) is 29.0 Å². The molecule has 0 aromatic heterocycles. The quantitative estimate of drug-likeness (QED) is 0.206. The second-order valence-corrected chi connectivity index (χ2v) is 8.40. The number of ether oxygens (including phenoxy) is 1. The Morgan fingerprint density at radius 1 is 0.939 bits per heavy atom. The number of allylic oxidation sites excluding steroid dienone is 3. The van der Waals surface area contributed by atoms with E-state index in [0.29, 0.717) is 6.61 Å². The number of benzene rings is 3. The molecule has 3 aromatic carbocycles. The molecule has 1 aliphatic rings. The molecule has 0 bridgehead atoms. The van der Waals surface area contributed by atoms with Gasteiger partial charge in [0.1, 0.15) is 0 Å². The molecule has 0 heterocycles. The van der Waals surface area contributed by atoms with E-state index in [4.69, 9.17) is 16.3 Å². The lowest BCUT2D eigenvalue weighted by atomic mass is 9.87. The van der Waals surface area contributed by atoms with E-state index in [2.05, 4.69) is 61.5 Å². The maximum atomic E-state index is 11.6. The van der Waals surface area contributed by atoms with Crippen LogP contribution in [0.1, 0.15) is 48.1 Å². The number of halogens is 1. The van der Waals surface area contributed by atoms with Gasteiger partial charge in [0.25, 0.3) is 0 Å². The van der Waals surface area contributed by atoms with Crippen molar-refractivity contribution >= 4 is 40.9 Å². The lowest BCUT2D eigenvalue weighted by Gasteiger charge is -2.17. The Bertz CT molecular complexity index is 1230. The molecule has 0 N–H and O–H groups in total. The Morgan fingerprint density at radius 2 is 1.64 bits per heavy atom. The average molecular weight is 455 g/mol. The van der Waals surface area contributed by atoms with Gasteiger partial charge in [-0.25, -0.2) is 4.79 Å². The molecule has 0 saturated carbocycles. The summed E-state index contributed by atoms with van der Waals surface area (Å²) in [5, 5.41) is 0.737. The molecule has 33 heavy (non-hydrogen) atoms. The molecular formula is C30H27ClO2. The highest BCUT2D eigenvalue weighted by molar-refractivity contribution is 6.30. The molecule has 0 aliphatic heterocycles. The van der Waals surface area contributed by atoms with Crippen molar-refractivity contribution < 1.29 is 9.53 Å². The summed E-state index contributed by atoms with van der Waals surface area (Å²) in [7, 11) is 0. The molecule has 3 aromatic rings. The zero-order valence-corrected chi connectivity index (χ0v) is 19.7. The third-order valence-electron chi connectivity index (χ3n) is 5.83. The van der Waals surface area contributed by atoms with E-state index in [1.165, 1.54) is 39.5 Å². The highest BCUT2D eigenvalue weighted by atomic mass is 35.5. The molecule has 2 nitrogen and oxygen atoms in total. The van der Waals surface area contributed by atoms with Gasteiger partial charge in [-0.3, -0.25) is 0 Å². The van der Waals surface area contributed by atoms with Crippen LogP contribution >= 0.6 is 11.6 Å². The van der Waals surface area contributed by atoms with Crippen molar-refractivity contribution in [3.8, 4) is 0 Å². The number of fused-ring (bicyclic) bond motifs is 1. The SMILES string of the molecule is CCOC(=O)/C=C/c1ccc(/C(C2=Cc3ccccc3C2)=C(/CC)c2ccc(Cl)cc2)cc1. The van der Waals surface area contributed by atoms with E-state index in [-0.39, 0.29) is 5.97 Å².